The molecule has 3 aromatic rings. The molecule has 1 aliphatic heterocycles. The van der Waals surface area contributed by atoms with E-state index in [0.29, 0.717) is 31.1 Å². The SMILES string of the molecule is O=c1[nH]c2ccc(S(=O)(=O)N3CCC(COc4ccccc4)CC3)cc2o1. The Morgan fingerprint density at radius 1 is 1.11 bits per heavy atom. The fourth-order valence-electron chi connectivity index (χ4n) is 3.28. The molecule has 0 bridgehead atoms. The summed E-state index contributed by atoms with van der Waals surface area (Å²) in [6.07, 6.45) is 1.49. The van der Waals surface area contributed by atoms with Crippen molar-refractivity contribution in [2.24, 2.45) is 5.92 Å². The average Bonchev–Trinajstić information content (AvgIpc) is 3.06. The van der Waals surface area contributed by atoms with Crippen LogP contribution in [-0.2, 0) is 10.0 Å². The molecule has 1 fully saturated rings. The van der Waals surface area contributed by atoms with E-state index in [0.717, 1.165) is 18.6 Å². The maximum atomic E-state index is 12.9. The summed E-state index contributed by atoms with van der Waals surface area (Å²) < 4.78 is 38.0. The molecule has 1 N–H and O–H groups in total. The van der Waals surface area contributed by atoms with Crippen molar-refractivity contribution >= 4 is 21.1 Å². The lowest BCUT2D eigenvalue weighted by atomic mass is 9.99. The monoisotopic (exact) mass is 388 g/mol. The van der Waals surface area contributed by atoms with E-state index in [2.05, 4.69) is 4.98 Å². The Hall–Kier alpha value is -2.58. The van der Waals surface area contributed by atoms with Gasteiger partial charge >= 0.3 is 5.76 Å². The molecule has 0 unspecified atom stereocenters. The number of ether oxygens (including phenoxy) is 1. The summed E-state index contributed by atoms with van der Waals surface area (Å²) in [5.41, 5.74) is 0.725. The van der Waals surface area contributed by atoms with E-state index in [4.69, 9.17) is 9.15 Å². The number of fused-ring (bicyclic) bond motifs is 1. The van der Waals surface area contributed by atoms with Gasteiger partial charge in [-0.05, 0) is 43.0 Å². The van der Waals surface area contributed by atoms with Gasteiger partial charge in [-0.25, -0.2) is 13.2 Å². The second kappa shape index (κ2) is 7.21. The van der Waals surface area contributed by atoms with E-state index >= 15 is 0 Å². The maximum absolute atomic E-state index is 12.9. The molecular weight excluding hydrogens is 368 g/mol. The largest absolute Gasteiger partial charge is 0.493 e. The van der Waals surface area contributed by atoms with Crippen LogP contribution in [0.3, 0.4) is 0 Å². The zero-order chi connectivity index (χ0) is 18.9. The molecule has 142 valence electrons. The summed E-state index contributed by atoms with van der Waals surface area (Å²) >= 11 is 0. The summed E-state index contributed by atoms with van der Waals surface area (Å²) in [5, 5.41) is 0. The smallest absolute Gasteiger partial charge is 0.417 e. The van der Waals surface area contributed by atoms with Gasteiger partial charge < -0.3 is 9.15 Å². The first kappa shape index (κ1) is 17.8. The quantitative estimate of drug-likeness (QED) is 0.725. The van der Waals surface area contributed by atoms with Gasteiger partial charge in [0.15, 0.2) is 5.58 Å². The highest BCUT2D eigenvalue weighted by molar-refractivity contribution is 7.89. The Balaban J connectivity index is 1.40. The van der Waals surface area contributed by atoms with Crippen LogP contribution in [0, 0.1) is 5.92 Å². The molecule has 1 saturated heterocycles. The first-order valence-electron chi connectivity index (χ1n) is 8.83. The molecule has 1 aromatic heterocycles. The Bertz CT molecular complexity index is 1080. The molecule has 0 amide bonds. The van der Waals surface area contributed by atoms with Crippen molar-refractivity contribution < 1.29 is 17.6 Å². The fraction of sp³-hybridized carbons (Fsp3) is 0.316. The van der Waals surface area contributed by atoms with Gasteiger partial charge in [-0.15, -0.1) is 0 Å². The van der Waals surface area contributed by atoms with Crippen LogP contribution in [-0.4, -0.2) is 37.4 Å². The van der Waals surface area contributed by atoms with Crippen molar-refractivity contribution in [2.45, 2.75) is 17.7 Å². The molecule has 0 aliphatic carbocycles. The van der Waals surface area contributed by atoms with Crippen LogP contribution < -0.4 is 10.5 Å². The average molecular weight is 388 g/mol. The van der Waals surface area contributed by atoms with Crippen molar-refractivity contribution in [3.63, 3.8) is 0 Å². The number of hydrogen-bond donors (Lipinski definition) is 1. The molecular formula is C19H20N2O5S. The number of benzene rings is 2. The highest BCUT2D eigenvalue weighted by Crippen LogP contribution is 2.26. The number of nitrogens with zero attached hydrogens (tertiary/aromatic N) is 1. The molecule has 0 atom stereocenters. The lowest BCUT2D eigenvalue weighted by Crippen LogP contribution is -2.39. The van der Waals surface area contributed by atoms with E-state index in [9.17, 15) is 13.2 Å². The van der Waals surface area contributed by atoms with Gasteiger partial charge in [0, 0.05) is 19.2 Å². The zero-order valence-electron chi connectivity index (χ0n) is 14.6. The van der Waals surface area contributed by atoms with Gasteiger partial charge in [0.2, 0.25) is 10.0 Å². The van der Waals surface area contributed by atoms with Crippen LogP contribution in [0.1, 0.15) is 12.8 Å². The first-order chi connectivity index (χ1) is 13.0. The van der Waals surface area contributed by atoms with Crippen LogP contribution in [0.25, 0.3) is 11.1 Å². The Morgan fingerprint density at radius 2 is 1.85 bits per heavy atom. The lowest BCUT2D eigenvalue weighted by Gasteiger charge is -2.31. The van der Waals surface area contributed by atoms with Crippen LogP contribution in [0.2, 0.25) is 0 Å². The van der Waals surface area contributed by atoms with Gasteiger partial charge in [-0.2, -0.15) is 4.31 Å². The number of sulfonamides is 1. The minimum absolute atomic E-state index is 0.136. The number of rotatable bonds is 5. The number of aromatic amines is 1. The number of piperidine rings is 1. The lowest BCUT2D eigenvalue weighted by molar-refractivity contribution is 0.185. The Kier molecular flexibility index (Phi) is 4.75. The molecule has 2 heterocycles. The minimum Gasteiger partial charge on any atom is -0.493 e. The predicted molar refractivity (Wildman–Crippen MR) is 100 cm³/mol. The number of aromatic nitrogens is 1. The van der Waals surface area contributed by atoms with Gasteiger partial charge in [-0.1, -0.05) is 18.2 Å². The van der Waals surface area contributed by atoms with Crippen molar-refractivity contribution in [2.75, 3.05) is 19.7 Å². The molecule has 8 heteroatoms. The molecule has 0 radical (unpaired) electrons. The van der Waals surface area contributed by atoms with Crippen LogP contribution in [0.15, 0.2) is 62.6 Å². The van der Waals surface area contributed by atoms with E-state index in [1.807, 2.05) is 30.3 Å². The highest BCUT2D eigenvalue weighted by atomic mass is 32.2. The van der Waals surface area contributed by atoms with E-state index in [1.165, 1.54) is 16.4 Å². The van der Waals surface area contributed by atoms with Crippen LogP contribution in [0.4, 0.5) is 0 Å². The van der Waals surface area contributed by atoms with E-state index in [-0.39, 0.29) is 10.5 Å². The van der Waals surface area contributed by atoms with Crippen molar-refractivity contribution in [1.29, 1.82) is 0 Å². The van der Waals surface area contributed by atoms with Gasteiger partial charge in [-0.3, -0.25) is 4.98 Å². The van der Waals surface area contributed by atoms with Gasteiger partial charge in [0.05, 0.1) is 17.0 Å². The Morgan fingerprint density at radius 3 is 2.59 bits per heavy atom. The molecule has 0 spiro atoms. The molecule has 27 heavy (non-hydrogen) atoms. The third kappa shape index (κ3) is 3.77. The second-order valence-electron chi connectivity index (χ2n) is 6.64. The minimum atomic E-state index is -3.62. The molecule has 1 aliphatic rings. The second-order valence-corrected chi connectivity index (χ2v) is 8.58. The van der Waals surface area contributed by atoms with Gasteiger partial charge in [0.1, 0.15) is 5.75 Å². The number of para-hydroxylation sites is 1. The third-order valence-electron chi connectivity index (χ3n) is 4.83. The molecule has 2 aromatic carbocycles. The first-order valence-corrected chi connectivity index (χ1v) is 10.3. The zero-order valence-corrected chi connectivity index (χ0v) is 15.4. The molecule has 4 rings (SSSR count). The van der Waals surface area contributed by atoms with Crippen molar-refractivity contribution in [3.05, 3.63) is 59.1 Å². The maximum Gasteiger partial charge on any atom is 0.417 e. The topological polar surface area (TPSA) is 92.6 Å². The summed E-state index contributed by atoms with van der Waals surface area (Å²) in [6, 6.07) is 14.0. The standard InChI is InChI=1S/C19H20N2O5S/c22-19-20-17-7-6-16(12-18(17)26-19)27(23,24)21-10-8-14(9-11-21)13-25-15-4-2-1-3-5-15/h1-7,12,14H,8-11,13H2,(H,20,22). The predicted octanol–water partition coefficient (Wildman–Crippen LogP) is 2.60. The fourth-order valence-corrected chi connectivity index (χ4v) is 4.77. The Labute approximate surface area is 156 Å². The van der Waals surface area contributed by atoms with E-state index in [1.54, 1.807) is 6.07 Å². The van der Waals surface area contributed by atoms with Gasteiger partial charge in [0.25, 0.3) is 0 Å². The third-order valence-corrected chi connectivity index (χ3v) is 6.73. The van der Waals surface area contributed by atoms with Crippen LogP contribution in [0.5, 0.6) is 5.75 Å². The summed E-state index contributed by atoms with van der Waals surface area (Å²) in [5.74, 6) is 0.550. The number of hydrogen-bond acceptors (Lipinski definition) is 5. The molecule has 0 saturated carbocycles. The number of oxazole rings is 1. The highest BCUT2D eigenvalue weighted by Gasteiger charge is 2.30. The number of H-pyrrole nitrogens is 1. The summed E-state index contributed by atoms with van der Waals surface area (Å²) in [4.78, 5) is 13.9. The van der Waals surface area contributed by atoms with Crippen LogP contribution >= 0.6 is 0 Å². The van der Waals surface area contributed by atoms with E-state index < -0.39 is 15.8 Å². The summed E-state index contributed by atoms with van der Waals surface area (Å²) in [6.45, 7) is 1.47. The molecule has 7 nitrogen and oxygen atoms in total. The van der Waals surface area contributed by atoms with Crippen molar-refractivity contribution in [1.82, 2.24) is 9.29 Å². The van der Waals surface area contributed by atoms with Crippen molar-refractivity contribution in [3.8, 4) is 5.75 Å². The normalized spacial score (nSPS) is 16.6. The summed E-state index contributed by atoms with van der Waals surface area (Å²) in [7, 11) is -3.62. The number of nitrogens with one attached hydrogen (secondary N) is 1.